The Kier molecular flexibility index (Phi) is 5.23. The monoisotopic (exact) mass is 341 g/mol. The summed E-state index contributed by atoms with van der Waals surface area (Å²) in [5.41, 5.74) is 3.73. The van der Waals surface area contributed by atoms with Gasteiger partial charge in [0.15, 0.2) is 0 Å². The van der Waals surface area contributed by atoms with E-state index in [0.717, 1.165) is 29.0 Å². The minimum absolute atomic E-state index is 0.585. The van der Waals surface area contributed by atoms with Crippen molar-refractivity contribution >= 4 is 22.8 Å². The molecule has 4 nitrogen and oxygen atoms in total. The number of fused-ring (bicyclic) bond motifs is 1. The second kappa shape index (κ2) is 7.38. The highest BCUT2D eigenvalue weighted by atomic mass is 32.2. The number of rotatable bonds is 7. The number of aliphatic hydroxyl groups is 1. The molecule has 0 fully saturated rings. The van der Waals surface area contributed by atoms with Gasteiger partial charge in [-0.25, -0.2) is 4.98 Å². The lowest BCUT2D eigenvalue weighted by Gasteiger charge is -2.22. The number of para-hydroxylation sites is 2. The molecule has 24 heavy (non-hydrogen) atoms. The molecule has 0 aliphatic rings. The smallest absolute Gasteiger partial charge is 0.100 e. The van der Waals surface area contributed by atoms with Crippen LogP contribution < -0.4 is 5.32 Å². The number of benzene rings is 2. The van der Waals surface area contributed by atoms with Crippen LogP contribution in [0.3, 0.4) is 0 Å². The van der Waals surface area contributed by atoms with Crippen LogP contribution in [0.2, 0.25) is 0 Å². The minimum Gasteiger partial charge on any atom is -0.388 e. The molecule has 0 aliphatic heterocycles. The zero-order chi connectivity index (χ0) is 17.0. The van der Waals surface area contributed by atoms with E-state index in [1.165, 1.54) is 5.56 Å². The van der Waals surface area contributed by atoms with Gasteiger partial charge in [0.2, 0.25) is 0 Å². The zero-order valence-corrected chi connectivity index (χ0v) is 14.9. The lowest BCUT2D eigenvalue weighted by Crippen LogP contribution is -2.39. The fourth-order valence-corrected chi connectivity index (χ4v) is 3.50. The summed E-state index contributed by atoms with van der Waals surface area (Å²) in [7, 11) is 0. The summed E-state index contributed by atoms with van der Waals surface area (Å²) >= 11 is 1.66. The fourth-order valence-electron chi connectivity index (χ4n) is 2.78. The van der Waals surface area contributed by atoms with Crippen molar-refractivity contribution in [1.82, 2.24) is 14.9 Å². The Labute approximate surface area is 146 Å². The maximum Gasteiger partial charge on any atom is 0.100 e. The Bertz CT molecular complexity index is 796. The van der Waals surface area contributed by atoms with Crippen molar-refractivity contribution in [1.29, 1.82) is 0 Å². The molecule has 0 aliphatic carbocycles. The molecule has 1 aromatic heterocycles. The van der Waals surface area contributed by atoms with E-state index in [4.69, 9.17) is 0 Å². The van der Waals surface area contributed by atoms with Crippen molar-refractivity contribution in [2.24, 2.45) is 0 Å². The normalized spacial score (nSPS) is 14.0. The first-order valence-electron chi connectivity index (χ1n) is 8.02. The molecule has 5 heteroatoms. The lowest BCUT2D eigenvalue weighted by molar-refractivity contribution is 0.0846. The van der Waals surface area contributed by atoms with Gasteiger partial charge in [0.25, 0.3) is 0 Å². The first kappa shape index (κ1) is 17.0. The van der Waals surface area contributed by atoms with Crippen molar-refractivity contribution in [2.45, 2.75) is 19.1 Å². The third-order valence-electron chi connectivity index (χ3n) is 3.96. The molecular weight excluding hydrogens is 318 g/mol. The third-order valence-corrected chi connectivity index (χ3v) is 4.87. The number of hydrogen-bond acceptors (Lipinski definition) is 4. The molecule has 3 rings (SSSR count). The largest absolute Gasteiger partial charge is 0.388 e. The van der Waals surface area contributed by atoms with E-state index >= 15 is 0 Å². The molecule has 2 N–H and O–H groups in total. The number of imidazole rings is 1. The number of aromatic nitrogens is 2. The van der Waals surface area contributed by atoms with E-state index in [0.29, 0.717) is 6.54 Å². The van der Waals surface area contributed by atoms with Crippen LogP contribution in [-0.2, 0) is 6.54 Å². The quantitative estimate of drug-likeness (QED) is 0.693. The molecule has 0 saturated carbocycles. The van der Waals surface area contributed by atoms with E-state index in [2.05, 4.69) is 45.2 Å². The van der Waals surface area contributed by atoms with Crippen molar-refractivity contribution in [2.75, 3.05) is 18.6 Å². The lowest BCUT2D eigenvalue weighted by atomic mass is 10.1. The van der Waals surface area contributed by atoms with Crippen molar-refractivity contribution in [3.8, 4) is 5.69 Å². The maximum absolute atomic E-state index is 10.2. The summed E-state index contributed by atoms with van der Waals surface area (Å²) in [6, 6.07) is 16.5. The first-order chi connectivity index (χ1) is 11.6. The second-order valence-electron chi connectivity index (χ2n) is 6.30. The van der Waals surface area contributed by atoms with Crippen LogP contribution in [0.4, 0.5) is 0 Å². The summed E-state index contributed by atoms with van der Waals surface area (Å²) in [5, 5.41) is 13.5. The summed E-state index contributed by atoms with van der Waals surface area (Å²) in [6.45, 7) is 3.20. The Morgan fingerprint density at radius 2 is 1.92 bits per heavy atom. The Hall–Kier alpha value is -1.82. The van der Waals surface area contributed by atoms with Gasteiger partial charge in [-0.15, -0.1) is 0 Å². The van der Waals surface area contributed by atoms with Crippen molar-refractivity contribution < 1.29 is 5.11 Å². The predicted molar refractivity (Wildman–Crippen MR) is 102 cm³/mol. The Morgan fingerprint density at radius 3 is 2.67 bits per heavy atom. The van der Waals surface area contributed by atoms with E-state index in [-0.39, 0.29) is 0 Å². The molecule has 0 radical (unpaired) electrons. The Balaban J connectivity index is 1.66. The summed E-state index contributed by atoms with van der Waals surface area (Å²) < 4.78 is 2.09. The first-order valence-corrected chi connectivity index (χ1v) is 9.42. The van der Waals surface area contributed by atoms with Gasteiger partial charge in [-0.05, 0) is 43.0 Å². The molecule has 3 aromatic rings. The minimum atomic E-state index is -0.672. The van der Waals surface area contributed by atoms with E-state index < -0.39 is 5.60 Å². The van der Waals surface area contributed by atoms with Crippen LogP contribution in [-0.4, -0.2) is 38.8 Å². The molecule has 1 atom stereocenters. The Morgan fingerprint density at radius 1 is 1.17 bits per heavy atom. The van der Waals surface area contributed by atoms with Gasteiger partial charge in [0.1, 0.15) is 6.33 Å². The van der Waals surface area contributed by atoms with E-state index in [1.807, 2.05) is 37.7 Å². The molecule has 0 bridgehead atoms. The van der Waals surface area contributed by atoms with Crippen molar-refractivity contribution in [3.63, 3.8) is 0 Å². The second-order valence-corrected chi connectivity index (χ2v) is 7.17. The van der Waals surface area contributed by atoms with Crippen LogP contribution >= 0.6 is 11.8 Å². The molecule has 0 saturated heterocycles. The molecule has 2 aromatic carbocycles. The van der Waals surface area contributed by atoms with Gasteiger partial charge in [-0.1, -0.05) is 24.3 Å². The molecule has 0 amide bonds. The highest BCUT2D eigenvalue weighted by molar-refractivity contribution is 7.98. The van der Waals surface area contributed by atoms with Crippen LogP contribution in [0.1, 0.15) is 12.5 Å². The SMILES string of the molecule is CSCC(C)(O)CNCc1ccc(-n2cnc3ccccc32)cc1. The highest BCUT2D eigenvalue weighted by Crippen LogP contribution is 2.18. The van der Waals surface area contributed by atoms with Gasteiger partial charge >= 0.3 is 0 Å². The van der Waals surface area contributed by atoms with Crippen LogP contribution in [0.25, 0.3) is 16.7 Å². The molecule has 1 heterocycles. The maximum atomic E-state index is 10.2. The average molecular weight is 341 g/mol. The van der Waals surface area contributed by atoms with Crippen molar-refractivity contribution in [3.05, 3.63) is 60.4 Å². The fraction of sp³-hybridized carbons (Fsp3) is 0.316. The summed E-state index contributed by atoms with van der Waals surface area (Å²) in [6.07, 6.45) is 3.87. The number of hydrogen-bond donors (Lipinski definition) is 2. The molecular formula is C19H23N3OS. The molecule has 126 valence electrons. The van der Waals surface area contributed by atoms with Crippen LogP contribution in [0, 0.1) is 0 Å². The van der Waals surface area contributed by atoms with Gasteiger partial charge in [0, 0.05) is 24.5 Å². The summed E-state index contributed by atoms with van der Waals surface area (Å²) in [5.74, 6) is 0.729. The number of thioether (sulfide) groups is 1. The van der Waals surface area contributed by atoms with Gasteiger partial charge < -0.3 is 10.4 Å². The third kappa shape index (κ3) is 3.98. The summed E-state index contributed by atoms with van der Waals surface area (Å²) in [4.78, 5) is 4.43. The molecule has 0 spiro atoms. The average Bonchev–Trinajstić information content (AvgIpc) is 2.99. The standard InChI is InChI=1S/C19H23N3OS/c1-19(23,13-24-2)12-20-11-15-7-9-16(10-8-15)22-14-21-17-5-3-4-6-18(17)22/h3-10,14,20,23H,11-13H2,1-2H3. The van der Waals surface area contributed by atoms with E-state index in [1.54, 1.807) is 11.8 Å². The van der Waals surface area contributed by atoms with E-state index in [9.17, 15) is 5.11 Å². The molecule has 1 unspecified atom stereocenters. The number of nitrogens with zero attached hydrogens (tertiary/aromatic N) is 2. The number of nitrogens with one attached hydrogen (secondary N) is 1. The topological polar surface area (TPSA) is 50.1 Å². The van der Waals surface area contributed by atoms with Crippen LogP contribution in [0.15, 0.2) is 54.9 Å². The van der Waals surface area contributed by atoms with Gasteiger partial charge in [0.05, 0.1) is 16.6 Å². The highest BCUT2D eigenvalue weighted by Gasteiger charge is 2.18. The van der Waals surface area contributed by atoms with Gasteiger partial charge in [-0.2, -0.15) is 11.8 Å². The zero-order valence-electron chi connectivity index (χ0n) is 14.1. The van der Waals surface area contributed by atoms with Crippen LogP contribution in [0.5, 0.6) is 0 Å². The predicted octanol–water partition coefficient (Wildman–Crippen LogP) is 3.23. The van der Waals surface area contributed by atoms with Gasteiger partial charge in [-0.3, -0.25) is 4.57 Å².